The van der Waals surface area contributed by atoms with Crippen LogP contribution in [-0.2, 0) is 0 Å². The first-order valence-electron chi connectivity index (χ1n) is 6.00. The maximum atomic E-state index is 2.61. The zero-order valence-corrected chi connectivity index (χ0v) is 9.97. The van der Waals surface area contributed by atoms with Crippen molar-refractivity contribution in [3.8, 4) is 0 Å². The molecule has 0 aromatic rings. The van der Waals surface area contributed by atoms with Gasteiger partial charge in [-0.1, -0.05) is 40.0 Å². The molecule has 0 amide bonds. The zero-order valence-electron chi connectivity index (χ0n) is 9.97. The molecule has 0 rings (SSSR count). The second-order valence-corrected chi connectivity index (χ2v) is 3.97. The summed E-state index contributed by atoms with van der Waals surface area (Å²) in [4.78, 5) is 2.61. The lowest BCUT2D eigenvalue weighted by Crippen LogP contribution is -2.33. The Bertz CT molecular complexity index is 101. The van der Waals surface area contributed by atoms with Crippen LogP contribution in [0, 0.1) is 0 Å². The maximum Gasteiger partial charge on any atom is 0.00667 e. The number of unbranched alkanes of at least 4 members (excludes halogenated alkanes) is 2. The van der Waals surface area contributed by atoms with Crippen molar-refractivity contribution in [3.05, 3.63) is 0 Å². The van der Waals surface area contributed by atoms with Gasteiger partial charge in [0.25, 0.3) is 0 Å². The predicted octanol–water partition coefficient (Wildman–Crippen LogP) is 3.69. The fourth-order valence-electron chi connectivity index (χ4n) is 1.86. The molecule has 0 fully saturated rings. The Morgan fingerprint density at radius 3 is 2.15 bits per heavy atom. The van der Waals surface area contributed by atoms with Crippen molar-refractivity contribution in [2.24, 2.45) is 0 Å². The summed E-state index contributed by atoms with van der Waals surface area (Å²) >= 11 is 0. The molecule has 0 radical (unpaired) electrons. The van der Waals surface area contributed by atoms with Crippen LogP contribution in [0.4, 0.5) is 0 Å². The Morgan fingerprint density at radius 1 is 1.00 bits per heavy atom. The van der Waals surface area contributed by atoms with Crippen molar-refractivity contribution >= 4 is 0 Å². The SMILES string of the molecule is CCCCCN(CC)C(C)CCC. The van der Waals surface area contributed by atoms with Gasteiger partial charge in [0.2, 0.25) is 0 Å². The molecule has 1 nitrogen and oxygen atoms in total. The Morgan fingerprint density at radius 2 is 1.69 bits per heavy atom. The van der Waals surface area contributed by atoms with Crippen LogP contribution < -0.4 is 0 Å². The number of hydrogen-bond donors (Lipinski definition) is 0. The summed E-state index contributed by atoms with van der Waals surface area (Å²) in [7, 11) is 0. The number of nitrogens with zero attached hydrogens (tertiary/aromatic N) is 1. The number of hydrogen-bond acceptors (Lipinski definition) is 1. The first-order valence-corrected chi connectivity index (χ1v) is 6.00. The van der Waals surface area contributed by atoms with Crippen molar-refractivity contribution < 1.29 is 0 Å². The van der Waals surface area contributed by atoms with Gasteiger partial charge in [0.05, 0.1) is 0 Å². The van der Waals surface area contributed by atoms with E-state index < -0.39 is 0 Å². The first-order chi connectivity index (χ1) is 6.26. The van der Waals surface area contributed by atoms with E-state index in [0.717, 1.165) is 6.04 Å². The molecule has 0 spiro atoms. The van der Waals surface area contributed by atoms with Crippen LogP contribution >= 0.6 is 0 Å². The zero-order chi connectivity index (χ0) is 10.1. The first kappa shape index (κ1) is 13.0. The lowest BCUT2D eigenvalue weighted by molar-refractivity contribution is 0.205. The van der Waals surface area contributed by atoms with Gasteiger partial charge in [0.15, 0.2) is 0 Å². The van der Waals surface area contributed by atoms with Crippen molar-refractivity contribution in [3.63, 3.8) is 0 Å². The van der Waals surface area contributed by atoms with E-state index in [4.69, 9.17) is 0 Å². The van der Waals surface area contributed by atoms with E-state index in [0.29, 0.717) is 0 Å². The normalized spacial score (nSPS) is 13.6. The molecule has 0 saturated heterocycles. The molecular weight excluding hydrogens is 158 g/mol. The molecule has 0 aliphatic heterocycles. The van der Waals surface area contributed by atoms with Crippen LogP contribution in [0.3, 0.4) is 0 Å². The van der Waals surface area contributed by atoms with E-state index in [9.17, 15) is 0 Å². The molecule has 0 saturated carbocycles. The molecule has 0 N–H and O–H groups in total. The van der Waals surface area contributed by atoms with Crippen molar-refractivity contribution in [1.82, 2.24) is 4.90 Å². The third-order valence-corrected chi connectivity index (χ3v) is 2.78. The highest BCUT2D eigenvalue weighted by atomic mass is 15.1. The highest BCUT2D eigenvalue weighted by molar-refractivity contribution is 4.65. The van der Waals surface area contributed by atoms with Crippen LogP contribution in [0.2, 0.25) is 0 Å². The molecule has 0 bridgehead atoms. The van der Waals surface area contributed by atoms with Crippen LogP contribution in [0.5, 0.6) is 0 Å². The Balaban J connectivity index is 3.60. The van der Waals surface area contributed by atoms with E-state index in [1.54, 1.807) is 0 Å². The average Bonchev–Trinajstić information content (AvgIpc) is 2.13. The van der Waals surface area contributed by atoms with Crippen molar-refractivity contribution in [1.29, 1.82) is 0 Å². The molecule has 13 heavy (non-hydrogen) atoms. The molecule has 80 valence electrons. The minimum absolute atomic E-state index is 0.784. The summed E-state index contributed by atoms with van der Waals surface area (Å²) in [6, 6.07) is 0.784. The highest BCUT2D eigenvalue weighted by Gasteiger charge is 2.09. The summed E-state index contributed by atoms with van der Waals surface area (Å²) in [6.45, 7) is 11.7. The monoisotopic (exact) mass is 185 g/mol. The molecule has 0 aliphatic carbocycles. The van der Waals surface area contributed by atoms with Crippen LogP contribution in [-0.4, -0.2) is 24.0 Å². The molecular formula is C12H27N. The van der Waals surface area contributed by atoms with Gasteiger partial charge in [-0.25, -0.2) is 0 Å². The number of rotatable bonds is 8. The van der Waals surface area contributed by atoms with E-state index in [1.807, 2.05) is 0 Å². The molecule has 1 heteroatoms. The van der Waals surface area contributed by atoms with E-state index in [-0.39, 0.29) is 0 Å². The summed E-state index contributed by atoms with van der Waals surface area (Å²) in [5.74, 6) is 0. The Kier molecular flexibility index (Phi) is 8.53. The Labute approximate surface area is 84.5 Å². The van der Waals surface area contributed by atoms with Gasteiger partial charge in [-0.15, -0.1) is 0 Å². The lowest BCUT2D eigenvalue weighted by Gasteiger charge is -2.27. The second-order valence-electron chi connectivity index (χ2n) is 3.97. The van der Waals surface area contributed by atoms with E-state index in [2.05, 4.69) is 32.6 Å². The third-order valence-electron chi connectivity index (χ3n) is 2.78. The van der Waals surface area contributed by atoms with Gasteiger partial charge >= 0.3 is 0 Å². The standard InChI is InChI=1S/C12H27N/c1-5-8-9-11-13(7-3)12(4)10-6-2/h12H,5-11H2,1-4H3. The van der Waals surface area contributed by atoms with E-state index >= 15 is 0 Å². The summed E-state index contributed by atoms with van der Waals surface area (Å²) < 4.78 is 0. The highest BCUT2D eigenvalue weighted by Crippen LogP contribution is 2.08. The van der Waals surface area contributed by atoms with Crippen LogP contribution in [0.1, 0.15) is 59.8 Å². The molecule has 1 atom stereocenters. The molecule has 0 heterocycles. The van der Waals surface area contributed by atoms with Gasteiger partial charge in [0, 0.05) is 6.04 Å². The Hall–Kier alpha value is -0.0400. The fraction of sp³-hybridized carbons (Fsp3) is 1.00. The lowest BCUT2D eigenvalue weighted by atomic mass is 10.1. The van der Waals surface area contributed by atoms with Crippen molar-refractivity contribution in [2.45, 2.75) is 65.8 Å². The van der Waals surface area contributed by atoms with Gasteiger partial charge in [-0.3, -0.25) is 0 Å². The topological polar surface area (TPSA) is 3.24 Å². The van der Waals surface area contributed by atoms with Gasteiger partial charge < -0.3 is 4.90 Å². The van der Waals surface area contributed by atoms with Gasteiger partial charge in [0.1, 0.15) is 0 Å². The van der Waals surface area contributed by atoms with Crippen LogP contribution in [0.25, 0.3) is 0 Å². The summed E-state index contributed by atoms with van der Waals surface area (Å²) in [5, 5.41) is 0. The van der Waals surface area contributed by atoms with E-state index in [1.165, 1.54) is 45.2 Å². The third kappa shape index (κ3) is 6.09. The minimum Gasteiger partial charge on any atom is -0.301 e. The maximum absolute atomic E-state index is 2.61. The quantitative estimate of drug-likeness (QED) is 0.521. The molecule has 1 unspecified atom stereocenters. The molecule has 0 aliphatic rings. The fourth-order valence-corrected chi connectivity index (χ4v) is 1.86. The largest absolute Gasteiger partial charge is 0.301 e. The average molecular weight is 185 g/mol. The smallest absolute Gasteiger partial charge is 0.00667 e. The molecule has 0 aromatic heterocycles. The molecule has 0 aromatic carbocycles. The van der Waals surface area contributed by atoms with Gasteiger partial charge in [-0.2, -0.15) is 0 Å². The summed E-state index contributed by atoms with van der Waals surface area (Å²) in [5.41, 5.74) is 0. The van der Waals surface area contributed by atoms with Crippen molar-refractivity contribution in [2.75, 3.05) is 13.1 Å². The second kappa shape index (κ2) is 8.55. The van der Waals surface area contributed by atoms with Crippen LogP contribution in [0.15, 0.2) is 0 Å². The minimum atomic E-state index is 0.784. The van der Waals surface area contributed by atoms with Gasteiger partial charge in [-0.05, 0) is 32.9 Å². The predicted molar refractivity (Wildman–Crippen MR) is 61.1 cm³/mol. The summed E-state index contributed by atoms with van der Waals surface area (Å²) in [6.07, 6.45) is 6.75.